The normalized spacial score (nSPS) is 12.0. The Morgan fingerprint density at radius 2 is 1.58 bits per heavy atom. The van der Waals surface area contributed by atoms with Gasteiger partial charge in [0.15, 0.2) is 0 Å². The van der Waals surface area contributed by atoms with Gasteiger partial charge in [-0.15, -0.1) is 0 Å². The molecular weight excluding hydrogens is 505 g/mol. The summed E-state index contributed by atoms with van der Waals surface area (Å²) in [6.45, 7) is 1.20. The number of likely N-dealkylation sites (N-methyl/N-ethyl adjacent to an activating group) is 1. The Kier molecular flexibility index (Phi) is 9.06. The van der Waals surface area contributed by atoms with Crippen LogP contribution in [0.15, 0.2) is 83.8 Å². The van der Waals surface area contributed by atoms with E-state index in [1.807, 2.05) is 0 Å². The van der Waals surface area contributed by atoms with E-state index < -0.39 is 34.3 Å². The molecule has 0 saturated carbocycles. The Bertz CT molecular complexity index is 1290. The number of carbonyl (C=O) groups excluding carboxylic acids is 2. The molecule has 0 radical (unpaired) electrons. The second-order valence-corrected chi connectivity index (χ2v) is 10.3. The minimum atomic E-state index is -4.16. The molecule has 0 aliphatic carbocycles. The number of amides is 2. The first-order valence-electron chi connectivity index (χ1n) is 11.3. The summed E-state index contributed by atoms with van der Waals surface area (Å²) in [5, 5.41) is 2.93. The van der Waals surface area contributed by atoms with Crippen LogP contribution in [0.5, 0.6) is 0 Å². The maximum atomic E-state index is 13.7. The van der Waals surface area contributed by atoms with Gasteiger partial charge in [-0.05, 0) is 60.5 Å². The molecule has 36 heavy (non-hydrogen) atoms. The minimum Gasteiger partial charge on any atom is -0.357 e. The van der Waals surface area contributed by atoms with Crippen LogP contribution in [-0.4, -0.2) is 44.8 Å². The van der Waals surface area contributed by atoms with E-state index in [0.717, 1.165) is 4.31 Å². The first-order valence-corrected chi connectivity index (χ1v) is 13.1. The zero-order chi connectivity index (χ0) is 26.3. The molecule has 7 nitrogen and oxygen atoms in total. The summed E-state index contributed by atoms with van der Waals surface area (Å²) >= 11 is 5.93. The number of nitrogens with zero attached hydrogens (tertiary/aromatic N) is 2. The average Bonchev–Trinajstić information content (AvgIpc) is 2.88. The molecule has 1 N–H and O–H groups in total. The molecule has 0 aliphatic rings. The van der Waals surface area contributed by atoms with Crippen molar-refractivity contribution < 1.29 is 22.4 Å². The van der Waals surface area contributed by atoms with Gasteiger partial charge >= 0.3 is 0 Å². The van der Waals surface area contributed by atoms with Crippen molar-refractivity contribution in [2.45, 2.75) is 30.8 Å². The molecule has 0 unspecified atom stereocenters. The average molecular weight is 532 g/mol. The van der Waals surface area contributed by atoms with E-state index in [0.29, 0.717) is 17.0 Å². The molecule has 3 aromatic rings. The van der Waals surface area contributed by atoms with E-state index in [1.165, 1.54) is 60.5 Å². The maximum absolute atomic E-state index is 13.7. The molecule has 0 aliphatic heterocycles. The Morgan fingerprint density at radius 1 is 0.972 bits per heavy atom. The number of para-hydroxylation sites is 1. The SMILES string of the molecule is CC[C@@H](C(=O)NC)N(Cc1ccc(F)cc1)C(=O)CN(c1ccccc1)S(=O)(=O)c1ccc(Cl)cc1. The van der Waals surface area contributed by atoms with Crippen LogP contribution >= 0.6 is 11.6 Å². The third kappa shape index (κ3) is 6.41. The highest BCUT2D eigenvalue weighted by Gasteiger charge is 2.33. The van der Waals surface area contributed by atoms with E-state index in [9.17, 15) is 22.4 Å². The van der Waals surface area contributed by atoms with Gasteiger partial charge in [0.1, 0.15) is 18.4 Å². The van der Waals surface area contributed by atoms with Crippen LogP contribution in [0.2, 0.25) is 5.02 Å². The number of anilines is 1. The van der Waals surface area contributed by atoms with Crippen molar-refractivity contribution in [2.75, 3.05) is 17.9 Å². The van der Waals surface area contributed by atoms with Crippen LogP contribution in [0.25, 0.3) is 0 Å². The fourth-order valence-electron chi connectivity index (χ4n) is 3.73. The predicted octanol–water partition coefficient (Wildman–Crippen LogP) is 4.23. The standard InChI is InChI=1S/C26H27ClFN3O4S/c1-3-24(26(33)29-2)30(17-19-9-13-21(28)14-10-19)25(32)18-31(22-7-5-4-6-8-22)36(34,35)23-15-11-20(27)12-16-23/h4-16,24H,3,17-18H2,1-2H3,(H,29,33)/t24-/m0/s1. The molecule has 0 spiro atoms. The lowest BCUT2D eigenvalue weighted by molar-refractivity contribution is -0.140. The van der Waals surface area contributed by atoms with Crippen molar-refractivity contribution in [3.8, 4) is 0 Å². The monoisotopic (exact) mass is 531 g/mol. The van der Waals surface area contributed by atoms with Gasteiger partial charge in [-0.2, -0.15) is 0 Å². The Hall–Kier alpha value is -3.43. The number of sulfonamides is 1. The number of halogens is 2. The van der Waals surface area contributed by atoms with Gasteiger partial charge in [0, 0.05) is 18.6 Å². The molecule has 0 saturated heterocycles. The number of carbonyl (C=O) groups is 2. The molecule has 1 atom stereocenters. The summed E-state index contributed by atoms with van der Waals surface area (Å²) in [5.74, 6) is -1.41. The number of hydrogen-bond acceptors (Lipinski definition) is 4. The van der Waals surface area contributed by atoms with Crippen molar-refractivity contribution in [3.05, 3.63) is 95.3 Å². The topological polar surface area (TPSA) is 86.8 Å². The van der Waals surface area contributed by atoms with Crippen molar-refractivity contribution in [3.63, 3.8) is 0 Å². The van der Waals surface area contributed by atoms with E-state index in [-0.39, 0.29) is 23.0 Å². The lowest BCUT2D eigenvalue weighted by Crippen LogP contribution is -2.51. The first kappa shape index (κ1) is 27.2. The van der Waals surface area contributed by atoms with E-state index >= 15 is 0 Å². The molecule has 0 fully saturated rings. The van der Waals surface area contributed by atoms with Crippen LogP contribution in [0.1, 0.15) is 18.9 Å². The van der Waals surface area contributed by atoms with Crippen molar-refractivity contribution >= 4 is 39.1 Å². The highest BCUT2D eigenvalue weighted by Crippen LogP contribution is 2.25. The second-order valence-electron chi connectivity index (χ2n) is 7.99. The van der Waals surface area contributed by atoms with Crippen LogP contribution in [0, 0.1) is 5.82 Å². The lowest BCUT2D eigenvalue weighted by atomic mass is 10.1. The predicted molar refractivity (Wildman–Crippen MR) is 138 cm³/mol. The summed E-state index contributed by atoms with van der Waals surface area (Å²) in [6, 6.07) is 18.6. The molecule has 0 aromatic heterocycles. The highest BCUT2D eigenvalue weighted by molar-refractivity contribution is 7.92. The number of rotatable bonds is 10. The number of nitrogens with one attached hydrogen (secondary N) is 1. The molecule has 190 valence electrons. The smallest absolute Gasteiger partial charge is 0.264 e. The second kappa shape index (κ2) is 12.0. The fourth-order valence-corrected chi connectivity index (χ4v) is 5.27. The summed E-state index contributed by atoms with van der Waals surface area (Å²) in [6.07, 6.45) is 0.294. The van der Waals surface area contributed by atoms with E-state index in [2.05, 4.69) is 5.32 Å². The molecule has 2 amide bonds. The molecule has 3 aromatic carbocycles. The van der Waals surface area contributed by atoms with Crippen LogP contribution in [0.3, 0.4) is 0 Å². The molecular formula is C26H27ClFN3O4S. The number of hydrogen-bond donors (Lipinski definition) is 1. The van der Waals surface area contributed by atoms with Gasteiger partial charge in [-0.1, -0.05) is 48.9 Å². The van der Waals surface area contributed by atoms with Gasteiger partial charge in [-0.3, -0.25) is 13.9 Å². The molecule has 0 bridgehead atoms. The molecule has 10 heteroatoms. The minimum absolute atomic E-state index is 0.00530. The Morgan fingerprint density at radius 3 is 2.14 bits per heavy atom. The summed E-state index contributed by atoms with van der Waals surface area (Å²) in [5.41, 5.74) is 0.884. The largest absolute Gasteiger partial charge is 0.357 e. The van der Waals surface area contributed by atoms with E-state index in [1.54, 1.807) is 37.3 Å². The van der Waals surface area contributed by atoms with Crippen LogP contribution in [-0.2, 0) is 26.2 Å². The number of benzene rings is 3. The summed E-state index contributed by atoms with van der Waals surface area (Å²) in [4.78, 5) is 27.6. The maximum Gasteiger partial charge on any atom is 0.264 e. The van der Waals surface area contributed by atoms with Crippen molar-refractivity contribution in [1.29, 1.82) is 0 Å². The first-order chi connectivity index (χ1) is 17.2. The van der Waals surface area contributed by atoms with Crippen LogP contribution in [0.4, 0.5) is 10.1 Å². The van der Waals surface area contributed by atoms with Crippen molar-refractivity contribution in [2.24, 2.45) is 0 Å². The van der Waals surface area contributed by atoms with Gasteiger partial charge < -0.3 is 10.2 Å². The Labute approximate surface area is 215 Å². The summed E-state index contributed by atoms with van der Waals surface area (Å²) < 4.78 is 41.7. The third-order valence-electron chi connectivity index (χ3n) is 5.62. The zero-order valence-electron chi connectivity index (χ0n) is 19.9. The Balaban J connectivity index is 2.02. The zero-order valence-corrected chi connectivity index (χ0v) is 21.5. The van der Waals surface area contributed by atoms with Crippen LogP contribution < -0.4 is 9.62 Å². The lowest BCUT2D eigenvalue weighted by Gasteiger charge is -2.33. The molecule has 0 heterocycles. The van der Waals surface area contributed by atoms with Gasteiger partial charge in [-0.25, -0.2) is 12.8 Å². The quantitative estimate of drug-likeness (QED) is 0.424. The third-order valence-corrected chi connectivity index (χ3v) is 7.66. The highest BCUT2D eigenvalue weighted by atomic mass is 35.5. The summed E-state index contributed by atoms with van der Waals surface area (Å²) in [7, 11) is -2.69. The van der Waals surface area contributed by atoms with Gasteiger partial charge in [0.2, 0.25) is 11.8 Å². The molecule has 3 rings (SSSR count). The van der Waals surface area contributed by atoms with Gasteiger partial charge in [0.25, 0.3) is 10.0 Å². The fraction of sp³-hybridized carbons (Fsp3) is 0.231. The van der Waals surface area contributed by atoms with E-state index in [4.69, 9.17) is 11.6 Å². The van der Waals surface area contributed by atoms with Crippen molar-refractivity contribution in [1.82, 2.24) is 10.2 Å². The van der Waals surface area contributed by atoms with Gasteiger partial charge in [0.05, 0.1) is 10.6 Å².